The lowest BCUT2D eigenvalue weighted by Gasteiger charge is -2.25. The predicted octanol–water partition coefficient (Wildman–Crippen LogP) is 5.09. The van der Waals surface area contributed by atoms with Gasteiger partial charge in [-0.05, 0) is 43.1 Å². The maximum atomic E-state index is 9.83. The van der Waals surface area contributed by atoms with Crippen LogP contribution in [-0.2, 0) is 11.3 Å². The van der Waals surface area contributed by atoms with E-state index in [4.69, 9.17) is 9.84 Å². The molecule has 0 heterocycles. The zero-order valence-electron chi connectivity index (χ0n) is 18.3. The van der Waals surface area contributed by atoms with E-state index in [0.717, 1.165) is 64.4 Å². The van der Waals surface area contributed by atoms with Gasteiger partial charge in [-0.2, -0.15) is 0 Å². The highest BCUT2D eigenvalue weighted by molar-refractivity contribution is 5.13. The zero-order valence-corrected chi connectivity index (χ0v) is 18.3. The van der Waals surface area contributed by atoms with Crippen molar-refractivity contribution in [3.8, 4) is 0 Å². The van der Waals surface area contributed by atoms with E-state index in [1.807, 2.05) is 18.2 Å². The molecule has 0 spiro atoms. The Hall–Kier alpha value is -0.940. The Balaban J connectivity index is 2.10. The van der Waals surface area contributed by atoms with Gasteiger partial charge in [0, 0.05) is 26.4 Å². The Morgan fingerprint density at radius 2 is 1.24 bits per heavy atom. The summed E-state index contributed by atoms with van der Waals surface area (Å²) in [5, 5.41) is 28.1. The van der Waals surface area contributed by atoms with Crippen molar-refractivity contribution >= 4 is 0 Å². The summed E-state index contributed by atoms with van der Waals surface area (Å²) >= 11 is 0. The highest BCUT2D eigenvalue weighted by Gasteiger charge is 2.19. The minimum absolute atomic E-state index is 0.213. The summed E-state index contributed by atoms with van der Waals surface area (Å²) in [5.74, 6) is 0.742. The van der Waals surface area contributed by atoms with Crippen LogP contribution >= 0.6 is 0 Å². The lowest BCUT2D eigenvalue weighted by Crippen LogP contribution is -2.20. The van der Waals surface area contributed by atoms with E-state index in [-0.39, 0.29) is 19.8 Å². The molecule has 0 fully saturated rings. The van der Waals surface area contributed by atoms with E-state index in [9.17, 15) is 10.2 Å². The number of aliphatic hydroxyl groups is 3. The fourth-order valence-corrected chi connectivity index (χ4v) is 4.03. The minimum atomic E-state index is 0.213. The van der Waals surface area contributed by atoms with Gasteiger partial charge in [0.1, 0.15) is 0 Å². The van der Waals surface area contributed by atoms with Crippen molar-refractivity contribution in [1.29, 1.82) is 0 Å². The molecule has 2 atom stereocenters. The molecule has 0 amide bonds. The van der Waals surface area contributed by atoms with Gasteiger partial charge in [-0.25, -0.2) is 0 Å². The molecule has 0 aliphatic rings. The van der Waals surface area contributed by atoms with Crippen LogP contribution in [0.4, 0.5) is 0 Å². The topological polar surface area (TPSA) is 69.9 Å². The summed E-state index contributed by atoms with van der Waals surface area (Å²) in [6.07, 6.45) is 13.0. The Bertz CT molecular complexity index is 451. The van der Waals surface area contributed by atoms with Crippen molar-refractivity contribution in [3.63, 3.8) is 0 Å². The lowest BCUT2D eigenvalue weighted by atomic mass is 9.82. The molecule has 0 aromatic heterocycles. The third-order valence-corrected chi connectivity index (χ3v) is 5.86. The first-order chi connectivity index (χ1) is 14.3. The SMILES string of the molecule is OCCCCCCCC(CO)C(CCO)CCCCCCOCc1ccccc1. The number of unbranched alkanes of at least 4 members (excludes halogenated alkanes) is 7. The van der Waals surface area contributed by atoms with E-state index in [1.165, 1.54) is 24.8 Å². The zero-order chi connectivity index (χ0) is 21.0. The Labute approximate surface area is 178 Å². The molecule has 4 heteroatoms. The first-order valence-electron chi connectivity index (χ1n) is 11.8. The fraction of sp³-hybridized carbons (Fsp3) is 0.760. The molecule has 3 N–H and O–H groups in total. The number of rotatable bonds is 20. The number of aliphatic hydroxyl groups excluding tert-OH is 3. The van der Waals surface area contributed by atoms with Crippen molar-refractivity contribution in [2.45, 2.75) is 83.7 Å². The molecule has 0 aliphatic carbocycles. The van der Waals surface area contributed by atoms with Crippen molar-refractivity contribution in [3.05, 3.63) is 35.9 Å². The lowest BCUT2D eigenvalue weighted by molar-refractivity contribution is 0.115. The second-order valence-electron chi connectivity index (χ2n) is 8.24. The van der Waals surface area contributed by atoms with Crippen LogP contribution in [0.1, 0.15) is 82.6 Å². The van der Waals surface area contributed by atoms with Gasteiger partial charge in [0.2, 0.25) is 0 Å². The highest BCUT2D eigenvalue weighted by Crippen LogP contribution is 2.27. The molecule has 168 valence electrons. The standard InChI is InChI=1S/C25H44O4/c26-18-11-4-1-2-10-16-25(21-28)24(17-19-27)15-9-3-5-12-20-29-22-23-13-7-6-8-14-23/h6-8,13-14,24-28H,1-5,9-12,15-22H2. The average molecular weight is 409 g/mol. The van der Waals surface area contributed by atoms with Crippen LogP contribution < -0.4 is 0 Å². The second kappa shape index (κ2) is 19.0. The van der Waals surface area contributed by atoms with E-state index < -0.39 is 0 Å². The summed E-state index contributed by atoms with van der Waals surface area (Å²) in [7, 11) is 0. The van der Waals surface area contributed by atoms with Crippen LogP contribution in [0.25, 0.3) is 0 Å². The predicted molar refractivity (Wildman–Crippen MR) is 120 cm³/mol. The Morgan fingerprint density at radius 1 is 0.621 bits per heavy atom. The van der Waals surface area contributed by atoms with Gasteiger partial charge in [0.15, 0.2) is 0 Å². The molecule has 0 saturated carbocycles. The van der Waals surface area contributed by atoms with E-state index in [1.54, 1.807) is 0 Å². The van der Waals surface area contributed by atoms with Gasteiger partial charge >= 0.3 is 0 Å². The fourth-order valence-electron chi connectivity index (χ4n) is 4.03. The summed E-state index contributed by atoms with van der Waals surface area (Å²) in [6.45, 7) is 2.23. The number of benzene rings is 1. The van der Waals surface area contributed by atoms with Gasteiger partial charge in [-0.15, -0.1) is 0 Å². The van der Waals surface area contributed by atoms with Crippen LogP contribution in [0.2, 0.25) is 0 Å². The number of ether oxygens (including phenoxy) is 1. The molecule has 0 saturated heterocycles. The molecule has 0 bridgehead atoms. The van der Waals surface area contributed by atoms with Crippen LogP contribution in [0.15, 0.2) is 30.3 Å². The van der Waals surface area contributed by atoms with Crippen LogP contribution in [0.5, 0.6) is 0 Å². The van der Waals surface area contributed by atoms with Gasteiger partial charge in [0.25, 0.3) is 0 Å². The van der Waals surface area contributed by atoms with Gasteiger partial charge < -0.3 is 20.1 Å². The largest absolute Gasteiger partial charge is 0.396 e. The van der Waals surface area contributed by atoms with E-state index in [2.05, 4.69) is 12.1 Å². The van der Waals surface area contributed by atoms with Crippen molar-refractivity contribution in [2.75, 3.05) is 26.4 Å². The van der Waals surface area contributed by atoms with Crippen LogP contribution in [-0.4, -0.2) is 41.7 Å². The molecule has 1 rings (SSSR count). The van der Waals surface area contributed by atoms with Crippen molar-refractivity contribution in [1.82, 2.24) is 0 Å². The summed E-state index contributed by atoms with van der Waals surface area (Å²) in [4.78, 5) is 0. The van der Waals surface area contributed by atoms with Crippen LogP contribution in [0.3, 0.4) is 0 Å². The number of hydrogen-bond donors (Lipinski definition) is 3. The quantitative estimate of drug-likeness (QED) is 0.263. The normalized spacial score (nSPS) is 13.5. The summed E-state index contributed by atoms with van der Waals surface area (Å²) in [5.41, 5.74) is 1.22. The molecular weight excluding hydrogens is 364 g/mol. The second-order valence-corrected chi connectivity index (χ2v) is 8.24. The molecule has 1 aromatic rings. The molecule has 2 unspecified atom stereocenters. The number of hydrogen-bond acceptors (Lipinski definition) is 4. The maximum Gasteiger partial charge on any atom is 0.0716 e. The Morgan fingerprint density at radius 3 is 1.90 bits per heavy atom. The molecule has 29 heavy (non-hydrogen) atoms. The summed E-state index contributed by atoms with van der Waals surface area (Å²) < 4.78 is 5.74. The first-order valence-corrected chi connectivity index (χ1v) is 11.8. The molecular formula is C25H44O4. The molecule has 1 aromatic carbocycles. The highest BCUT2D eigenvalue weighted by atomic mass is 16.5. The minimum Gasteiger partial charge on any atom is -0.396 e. The average Bonchev–Trinajstić information content (AvgIpc) is 2.75. The van der Waals surface area contributed by atoms with E-state index in [0.29, 0.717) is 18.4 Å². The molecule has 4 nitrogen and oxygen atoms in total. The van der Waals surface area contributed by atoms with E-state index >= 15 is 0 Å². The maximum absolute atomic E-state index is 9.83. The Kier molecular flexibility index (Phi) is 17.1. The first kappa shape index (κ1) is 26.1. The van der Waals surface area contributed by atoms with Gasteiger partial charge in [0.05, 0.1) is 6.61 Å². The smallest absolute Gasteiger partial charge is 0.0716 e. The molecule has 0 radical (unpaired) electrons. The van der Waals surface area contributed by atoms with Crippen LogP contribution in [0, 0.1) is 11.8 Å². The monoisotopic (exact) mass is 408 g/mol. The van der Waals surface area contributed by atoms with Gasteiger partial charge in [-0.3, -0.25) is 0 Å². The van der Waals surface area contributed by atoms with Crippen molar-refractivity contribution < 1.29 is 20.1 Å². The third kappa shape index (κ3) is 13.8. The van der Waals surface area contributed by atoms with Crippen molar-refractivity contribution in [2.24, 2.45) is 11.8 Å². The summed E-state index contributed by atoms with van der Waals surface area (Å²) in [6, 6.07) is 10.3. The molecule has 0 aliphatic heterocycles. The third-order valence-electron chi connectivity index (χ3n) is 5.86. The van der Waals surface area contributed by atoms with Gasteiger partial charge in [-0.1, -0.05) is 81.7 Å².